The molecular weight excluding hydrogens is 268 g/mol. The van der Waals surface area contributed by atoms with E-state index >= 15 is 0 Å². The SMILES string of the molecule is CN(CCOc1cccc(C(N)=S)c1)c1ccccc1. The summed E-state index contributed by atoms with van der Waals surface area (Å²) in [5.74, 6) is 0.789. The minimum Gasteiger partial charge on any atom is -0.492 e. The van der Waals surface area contributed by atoms with Crippen LogP contribution in [-0.2, 0) is 0 Å². The third kappa shape index (κ3) is 3.96. The van der Waals surface area contributed by atoms with Crippen molar-refractivity contribution >= 4 is 22.9 Å². The van der Waals surface area contributed by atoms with Gasteiger partial charge in [0.15, 0.2) is 0 Å². The first kappa shape index (κ1) is 14.3. The molecule has 0 saturated carbocycles. The second-order valence-corrected chi connectivity index (χ2v) is 4.94. The Morgan fingerprint density at radius 1 is 1.15 bits per heavy atom. The minimum atomic E-state index is 0.386. The van der Waals surface area contributed by atoms with Gasteiger partial charge in [0.25, 0.3) is 0 Å². The number of rotatable bonds is 6. The van der Waals surface area contributed by atoms with Gasteiger partial charge in [0.2, 0.25) is 0 Å². The van der Waals surface area contributed by atoms with Crippen LogP contribution in [0.5, 0.6) is 5.75 Å². The molecule has 2 aromatic rings. The molecule has 104 valence electrons. The predicted octanol–water partition coefficient (Wildman–Crippen LogP) is 2.84. The lowest BCUT2D eigenvalue weighted by Crippen LogP contribution is -2.23. The van der Waals surface area contributed by atoms with Crippen LogP contribution < -0.4 is 15.4 Å². The van der Waals surface area contributed by atoms with Gasteiger partial charge < -0.3 is 15.4 Å². The van der Waals surface area contributed by atoms with Gasteiger partial charge >= 0.3 is 0 Å². The van der Waals surface area contributed by atoms with E-state index in [1.165, 1.54) is 5.69 Å². The smallest absolute Gasteiger partial charge is 0.120 e. The van der Waals surface area contributed by atoms with E-state index in [4.69, 9.17) is 22.7 Å². The van der Waals surface area contributed by atoms with Crippen LogP contribution in [0.15, 0.2) is 54.6 Å². The van der Waals surface area contributed by atoms with E-state index in [9.17, 15) is 0 Å². The summed E-state index contributed by atoms with van der Waals surface area (Å²) in [6.45, 7) is 1.41. The van der Waals surface area contributed by atoms with Crippen molar-refractivity contribution in [1.82, 2.24) is 0 Å². The van der Waals surface area contributed by atoms with E-state index in [-0.39, 0.29) is 0 Å². The van der Waals surface area contributed by atoms with Gasteiger partial charge in [-0.25, -0.2) is 0 Å². The Labute approximate surface area is 125 Å². The highest BCUT2D eigenvalue weighted by Gasteiger charge is 2.02. The number of thiocarbonyl (C=S) groups is 1. The summed E-state index contributed by atoms with van der Waals surface area (Å²) in [4.78, 5) is 2.54. The van der Waals surface area contributed by atoms with Gasteiger partial charge in [-0.05, 0) is 24.3 Å². The summed E-state index contributed by atoms with van der Waals surface area (Å²) in [5, 5.41) is 0. The third-order valence-corrected chi connectivity index (χ3v) is 3.25. The zero-order valence-corrected chi connectivity index (χ0v) is 12.3. The van der Waals surface area contributed by atoms with Gasteiger partial charge in [0, 0.05) is 18.3 Å². The normalized spacial score (nSPS) is 10.1. The fourth-order valence-electron chi connectivity index (χ4n) is 1.85. The molecule has 0 spiro atoms. The zero-order chi connectivity index (χ0) is 14.4. The van der Waals surface area contributed by atoms with Crippen LogP contribution in [0.25, 0.3) is 0 Å². The van der Waals surface area contributed by atoms with Crippen LogP contribution in [0.4, 0.5) is 5.69 Å². The van der Waals surface area contributed by atoms with E-state index in [1.54, 1.807) is 0 Å². The summed E-state index contributed by atoms with van der Waals surface area (Å²) >= 11 is 4.95. The molecule has 20 heavy (non-hydrogen) atoms. The summed E-state index contributed by atoms with van der Waals surface area (Å²) in [5.41, 5.74) is 7.60. The zero-order valence-electron chi connectivity index (χ0n) is 11.5. The quantitative estimate of drug-likeness (QED) is 0.829. The molecule has 3 nitrogen and oxygen atoms in total. The van der Waals surface area contributed by atoms with Crippen LogP contribution in [-0.4, -0.2) is 25.2 Å². The highest BCUT2D eigenvalue weighted by atomic mass is 32.1. The molecule has 0 fully saturated rings. The Hall–Kier alpha value is -2.07. The van der Waals surface area contributed by atoms with Crippen molar-refractivity contribution in [2.24, 2.45) is 5.73 Å². The number of anilines is 1. The van der Waals surface area contributed by atoms with Crippen molar-refractivity contribution in [3.05, 3.63) is 60.2 Å². The van der Waals surface area contributed by atoms with Crippen molar-refractivity contribution in [2.75, 3.05) is 25.1 Å². The predicted molar refractivity (Wildman–Crippen MR) is 87.5 cm³/mol. The average molecular weight is 286 g/mol. The monoisotopic (exact) mass is 286 g/mol. The highest BCUT2D eigenvalue weighted by molar-refractivity contribution is 7.80. The molecule has 4 heteroatoms. The van der Waals surface area contributed by atoms with Crippen LogP contribution in [0, 0.1) is 0 Å². The van der Waals surface area contributed by atoms with E-state index in [2.05, 4.69) is 17.0 Å². The second kappa shape index (κ2) is 6.91. The maximum absolute atomic E-state index is 5.73. The summed E-state index contributed by atoms with van der Waals surface area (Å²) in [6.07, 6.45) is 0. The van der Waals surface area contributed by atoms with Gasteiger partial charge in [-0.3, -0.25) is 0 Å². The van der Waals surface area contributed by atoms with E-state index in [0.29, 0.717) is 11.6 Å². The summed E-state index contributed by atoms with van der Waals surface area (Å²) in [6, 6.07) is 17.8. The van der Waals surface area contributed by atoms with Crippen LogP contribution in [0.3, 0.4) is 0 Å². The Balaban J connectivity index is 1.87. The molecule has 0 aliphatic carbocycles. The van der Waals surface area contributed by atoms with Gasteiger partial charge in [-0.1, -0.05) is 42.5 Å². The van der Waals surface area contributed by atoms with Crippen LogP contribution in [0.2, 0.25) is 0 Å². The molecule has 0 atom stereocenters. The second-order valence-electron chi connectivity index (χ2n) is 4.50. The Morgan fingerprint density at radius 3 is 2.60 bits per heavy atom. The van der Waals surface area contributed by atoms with Crippen molar-refractivity contribution in [3.63, 3.8) is 0 Å². The van der Waals surface area contributed by atoms with Gasteiger partial charge in [-0.15, -0.1) is 0 Å². The van der Waals surface area contributed by atoms with Gasteiger partial charge in [0.05, 0.1) is 6.54 Å². The van der Waals surface area contributed by atoms with Crippen LogP contribution >= 0.6 is 12.2 Å². The molecule has 2 aromatic carbocycles. The first-order valence-electron chi connectivity index (χ1n) is 6.45. The molecular formula is C16H18N2OS. The van der Waals surface area contributed by atoms with E-state index in [0.717, 1.165) is 17.9 Å². The first-order valence-corrected chi connectivity index (χ1v) is 6.86. The maximum atomic E-state index is 5.73. The standard InChI is InChI=1S/C16H18N2OS/c1-18(14-7-3-2-4-8-14)10-11-19-15-9-5-6-13(12-15)16(17)20/h2-9,12H,10-11H2,1H3,(H2,17,20). The Bertz CT molecular complexity index is 572. The molecule has 0 radical (unpaired) electrons. The molecule has 0 heterocycles. The number of nitrogens with two attached hydrogens (primary N) is 1. The third-order valence-electron chi connectivity index (χ3n) is 3.01. The molecule has 0 aliphatic rings. The van der Waals surface area contributed by atoms with E-state index in [1.807, 2.05) is 49.5 Å². The van der Waals surface area contributed by atoms with E-state index < -0.39 is 0 Å². The summed E-state index contributed by atoms with van der Waals surface area (Å²) in [7, 11) is 2.05. The molecule has 2 N–H and O–H groups in total. The lowest BCUT2D eigenvalue weighted by Gasteiger charge is -2.19. The fourth-order valence-corrected chi connectivity index (χ4v) is 1.98. The fraction of sp³-hybridized carbons (Fsp3) is 0.188. The Kier molecular flexibility index (Phi) is 4.96. The molecule has 0 amide bonds. The molecule has 2 rings (SSSR count). The number of nitrogens with zero attached hydrogens (tertiary/aromatic N) is 1. The molecule has 0 aromatic heterocycles. The molecule has 0 bridgehead atoms. The Morgan fingerprint density at radius 2 is 1.90 bits per heavy atom. The van der Waals surface area contributed by atoms with Crippen molar-refractivity contribution in [2.45, 2.75) is 0 Å². The maximum Gasteiger partial charge on any atom is 0.120 e. The van der Waals surface area contributed by atoms with Gasteiger partial charge in [-0.2, -0.15) is 0 Å². The average Bonchev–Trinajstić information content (AvgIpc) is 2.48. The number of hydrogen-bond donors (Lipinski definition) is 1. The molecule has 0 aliphatic heterocycles. The molecule has 0 saturated heterocycles. The van der Waals surface area contributed by atoms with Crippen molar-refractivity contribution in [3.8, 4) is 5.75 Å². The lowest BCUT2D eigenvalue weighted by atomic mass is 10.2. The van der Waals surface area contributed by atoms with Gasteiger partial charge in [0.1, 0.15) is 17.3 Å². The number of hydrogen-bond acceptors (Lipinski definition) is 3. The lowest BCUT2D eigenvalue weighted by molar-refractivity contribution is 0.326. The minimum absolute atomic E-state index is 0.386. The molecule has 0 unspecified atom stereocenters. The topological polar surface area (TPSA) is 38.5 Å². The summed E-state index contributed by atoms with van der Waals surface area (Å²) < 4.78 is 5.73. The number of likely N-dealkylation sites (N-methyl/N-ethyl adjacent to an activating group) is 1. The number of para-hydroxylation sites is 1. The highest BCUT2D eigenvalue weighted by Crippen LogP contribution is 2.14. The first-order chi connectivity index (χ1) is 9.66. The van der Waals surface area contributed by atoms with Crippen molar-refractivity contribution in [1.29, 1.82) is 0 Å². The van der Waals surface area contributed by atoms with Crippen LogP contribution in [0.1, 0.15) is 5.56 Å². The van der Waals surface area contributed by atoms with Crippen molar-refractivity contribution < 1.29 is 4.74 Å². The number of ether oxygens (including phenoxy) is 1. The number of benzene rings is 2. The largest absolute Gasteiger partial charge is 0.492 e.